The van der Waals surface area contributed by atoms with Gasteiger partial charge in [-0.3, -0.25) is 4.79 Å². The van der Waals surface area contributed by atoms with Gasteiger partial charge in [-0.15, -0.1) is 6.58 Å². The van der Waals surface area contributed by atoms with E-state index in [0.717, 1.165) is 5.56 Å². The van der Waals surface area contributed by atoms with Crippen LogP contribution in [0.2, 0.25) is 5.02 Å². The van der Waals surface area contributed by atoms with Crippen LogP contribution < -0.4 is 0 Å². The molecular weight excluding hydrogens is 336 g/mol. The molecule has 0 heterocycles. The Balaban J connectivity index is 2.47. The van der Waals surface area contributed by atoms with Crippen molar-refractivity contribution in [2.24, 2.45) is 5.92 Å². The molecule has 0 fully saturated rings. The van der Waals surface area contributed by atoms with Crippen molar-refractivity contribution in [3.63, 3.8) is 0 Å². The molecule has 0 aliphatic rings. The van der Waals surface area contributed by atoms with Gasteiger partial charge in [0.2, 0.25) is 0 Å². The molecule has 0 N–H and O–H groups in total. The third kappa shape index (κ3) is 4.25. The zero-order valence-corrected chi connectivity index (χ0v) is 14.7. The number of hydrogen-bond acceptors (Lipinski definition) is 3. The van der Waals surface area contributed by atoms with E-state index in [1.807, 2.05) is 30.3 Å². The minimum Gasteiger partial charge on any atom is -0.466 e. The van der Waals surface area contributed by atoms with E-state index < -0.39 is 17.8 Å². The molecule has 0 spiro atoms. The average Bonchev–Trinajstić information content (AvgIpc) is 2.65. The Bertz CT molecular complexity index is 779. The van der Waals surface area contributed by atoms with Gasteiger partial charge in [-0.2, -0.15) is 0 Å². The summed E-state index contributed by atoms with van der Waals surface area (Å²) >= 11 is 5.89. The maximum absolute atomic E-state index is 13.0. The van der Waals surface area contributed by atoms with Crippen LogP contribution in [0.15, 0.2) is 79.4 Å². The molecule has 2 atom stereocenters. The number of allylic oxidation sites excluding steroid dienone is 1. The molecular formula is C21H19ClO3. The van der Waals surface area contributed by atoms with Gasteiger partial charge < -0.3 is 4.74 Å². The van der Waals surface area contributed by atoms with Crippen LogP contribution in [0.25, 0.3) is 0 Å². The van der Waals surface area contributed by atoms with E-state index in [0.29, 0.717) is 10.6 Å². The molecule has 0 bridgehead atoms. The molecule has 0 saturated carbocycles. The summed E-state index contributed by atoms with van der Waals surface area (Å²) in [5.74, 6) is -1.93. The summed E-state index contributed by atoms with van der Waals surface area (Å²) in [5.41, 5.74) is 1.50. The van der Waals surface area contributed by atoms with Gasteiger partial charge in [0.05, 0.1) is 13.0 Å². The topological polar surface area (TPSA) is 43.4 Å². The standard InChI is InChI=1S/C21H19ClO3/c1-4-18(20(23)16-10-12-17(22)13-11-16)19(14(2)21(24)25-3)15-8-6-5-7-9-15/h4-13,18-19H,1-2H2,3H3/t18-,19-/m0/s1. The highest BCUT2D eigenvalue weighted by atomic mass is 35.5. The number of benzene rings is 2. The van der Waals surface area contributed by atoms with Gasteiger partial charge in [-0.25, -0.2) is 4.79 Å². The molecule has 0 aliphatic heterocycles. The Morgan fingerprint density at radius 1 is 1.08 bits per heavy atom. The van der Waals surface area contributed by atoms with Crippen LogP contribution in [0.1, 0.15) is 21.8 Å². The van der Waals surface area contributed by atoms with Crippen LogP contribution in [0.3, 0.4) is 0 Å². The van der Waals surface area contributed by atoms with Gasteiger partial charge in [0, 0.05) is 22.1 Å². The van der Waals surface area contributed by atoms with Crippen LogP contribution >= 0.6 is 11.6 Å². The van der Waals surface area contributed by atoms with Crippen LogP contribution in [0.5, 0.6) is 0 Å². The fraction of sp³-hybridized carbons (Fsp3) is 0.143. The third-order valence-corrected chi connectivity index (χ3v) is 4.28. The number of ether oxygens (including phenoxy) is 1. The number of halogens is 1. The first-order chi connectivity index (χ1) is 12.0. The molecule has 25 heavy (non-hydrogen) atoms. The van der Waals surface area contributed by atoms with Crippen molar-refractivity contribution >= 4 is 23.4 Å². The molecule has 0 amide bonds. The summed E-state index contributed by atoms with van der Waals surface area (Å²) in [6.07, 6.45) is 1.54. The van der Waals surface area contributed by atoms with Crippen LogP contribution in [0.4, 0.5) is 0 Å². The highest BCUT2D eigenvalue weighted by molar-refractivity contribution is 6.30. The summed E-state index contributed by atoms with van der Waals surface area (Å²) < 4.78 is 4.81. The van der Waals surface area contributed by atoms with Gasteiger partial charge in [0.1, 0.15) is 0 Å². The van der Waals surface area contributed by atoms with E-state index >= 15 is 0 Å². The summed E-state index contributed by atoms with van der Waals surface area (Å²) in [6, 6.07) is 15.9. The molecule has 0 aliphatic carbocycles. The van der Waals surface area contributed by atoms with Crippen molar-refractivity contribution in [3.05, 3.63) is 95.6 Å². The minimum absolute atomic E-state index is 0.162. The smallest absolute Gasteiger partial charge is 0.333 e. The molecule has 3 nitrogen and oxygen atoms in total. The predicted molar refractivity (Wildman–Crippen MR) is 99.8 cm³/mol. The minimum atomic E-state index is -0.657. The highest BCUT2D eigenvalue weighted by Gasteiger charge is 2.33. The molecule has 0 unspecified atom stereocenters. The fourth-order valence-electron chi connectivity index (χ4n) is 2.74. The normalized spacial score (nSPS) is 12.7. The summed E-state index contributed by atoms with van der Waals surface area (Å²) in [6.45, 7) is 7.66. The quantitative estimate of drug-likeness (QED) is 0.309. The van der Waals surface area contributed by atoms with Crippen molar-refractivity contribution in [1.82, 2.24) is 0 Å². The number of methoxy groups -OCH3 is 1. The second-order valence-corrected chi connectivity index (χ2v) is 5.97. The van der Waals surface area contributed by atoms with Gasteiger partial charge in [0.15, 0.2) is 5.78 Å². The zero-order chi connectivity index (χ0) is 18.4. The summed E-state index contributed by atoms with van der Waals surface area (Å²) in [5, 5.41) is 0.547. The first kappa shape index (κ1) is 18.7. The highest BCUT2D eigenvalue weighted by Crippen LogP contribution is 2.35. The molecule has 0 radical (unpaired) electrons. The maximum Gasteiger partial charge on any atom is 0.333 e. The lowest BCUT2D eigenvalue weighted by molar-refractivity contribution is -0.136. The van der Waals surface area contributed by atoms with Crippen LogP contribution in [0, 0.1) is 5.92 Å². The first-order valence-electron chi connectivity index (χ1n) is 7.74. The molecule has 2 aromatic carbocycles. The largest absolute Gasteiger partial charge is 0.466 e. The second-order valence-electron chi connectivity index (χ2n) is 5.54. The van der Waals surface area contributed by atoms with Gasteiger partial charge in [0.25, 0.3) is 0 Å². The second kappa shape index (κ2) is 8.45. The number of hydrogen-bond donors (Lipinski definition) is 0. The Kier molecular flexibility index (Phi) is 6.31. The van der Waals surface area contributed by atoms with E-state index in [-0.39, 0.29) is 11.4 Å². The summed E-state index contributed by atoms with van der Waals surface area (Å²) in [7, 11) is 1.29. The lowest BCUT2D eigenvalue weighted by Gasteiger charge is -2.25. The molecule has 0 saturated heterocycles. The average molecular weight is 355 g/mol. The number of esters is 1. The maximum atomic E-state index is 13.0. The Hall–Kier alpha value is -2.65. The number of Topliss-reactive ketones (excluding diaryl/α,β-unsaturated/α-hetero) is 1. The van der Waals surface area contributed by atoms with E-state index in [1.165, 1.54) is 7.11 Å². The summed E-state index contributed by atoms with van der Waals surface area (Å²) in [4.78, 5) is 25.1. The number of carbonyl (C=O) groups excluding carboxylic acids is 2. The monoisotopic (exact) mass is 354 g/mol. The Labute approximate surface area is 152 Å². The lowest BCUT2D eigenvalue weighted by Crippen LogP contribution is -2.25. The number of ketones is 1. The van der Waals surface area contributed by atoms with Crippen molar-refractivity contribution in [1.29, 1.82) is 0 Å². The van der Waals surface area contributed by atoms with E-state index in [9.17, 15) is 9.59 Å². The molecule has 0 aromatic heterocycles. The molecule has 4 heteroatoms. The van der Waals surface area contributed by atoms with E-state index in [1.54, 1.807) is 30.3 Å². The molecule has 2 rings (SSSR count). The van der Waals surface area contributed by atoms with Crippen LogP contribution in [-0.4, -0.2) is 18.9 Å². The third-order valence-electron chi connectivity index (χ3n) is 4.03. The number of carbonyl (C=O) groups is 2. The Morgan fingerprint density at radius 3 is 2.20 bits per heavy atom. The van der Waals surface area contributed by atoms with Gasteiger partial charge in [-0.05, 0) is 29.8 Å². The fourth-order valence-corrected chi connectivity index (χ4v) is 2.87. The van der Waals surface area contributed by atoms with Crippen molar-refractivity contribution in [2.75, 3.05) is 7.11 Å². The lowest BCUT2D eigenvalue weighted by atomic mass is 9.77. The van der Waals surface area contributed by atoms with E-state index in [2.05, 4.69) is 13.2 Å². The zero-order valence-electron chi connectivity index (χ0n) is 13.9. The molecule has 2 aromatic rings. The van der Waals surface area contributed by atoms with Gasteiger partial charge >= 0.3 is 5.97 Å². The molecule has 128 valence electrons. The van der Waals surface area contributed by atoms with Crippen molar-refractivity contribution < 1.29 is 14.3 Å². The Morgan fingerprint density at radius 2 is 1.68 bits per heavy atom. The SMILES string of the molecule is C=C[C@H](C(=O)c1ccc(Cl)cc1)[C@@H](C(=C)C(=O)OC)c1ccccc1. The van der Waals surface area contributed by atoms with Crippen LogP contribution in [-0.2, 0) is 9.53 Å². The van der Waals surface area contributed by atoms with E-state index in [4.69, 9.17) is 16.3 Å². The first-order valence-corrected chi connectivity index (χ1v) is 8.11. The predicted octanol–water partition coefficient (Wildman–Crippen LogP) is 4.84. The van der Waals surface area contributed by atoms with Gasteiger partial charge in [-0.1, -0.05) is 54.6 Å². The van der Waals surface area contributed by atoms with Crippen molar-refractivity contribution in [2.45, 2.75) is 5.92 Å². The van der Waals surface area contributed by atoms with Crippen molar-refractivity contribution in [3.8, 4) is 0 Å². The number of rotatable bonds is 7.